The molecule has 2 N–H and O–H groups in total. The van der Waals surface area contributed by atoms with E-state index in [0.717, 1.165) is 17.3 Å². The Bertz CT molecular complexity index is 1370. The van der Waals surface area contributed by atoms with E-state index in [1.54, 1.807) is 24.5 Å². The number of Topliss-reactive ketones (excluding diaryl/α,β-unsaturated/α-hetero) is 1. The number of halogens is 4. The van der Waals surface area contributed by atoms with Crippen molar-refractivity contribution in [2.75, 3.05) is 11.9 Å². The zero-order valence-corrected chi connectivity index (χ0v) is 17.5. The van der Waals surface area contributed by atoms with Crippen LogP contribution in [0.2, 0.25) is 0 Å². The van der Waals surface area contributed by atoms with Crippen LogP contribution < -0.4 is 15.4 Å². The number of nitrogens with zero attached hydrogens (tertiary/aromatic N) is 2. The lowest BCUT2D eigenvalue weighted by atomic mass is 10.0. The number of anilines is 2. The summed E-state index contributed by atoms with van der Waals surface area (Å²) in [6.07, 6.45) is -5.23. The maximum absolute atomic E-state index is 13.3. The number of hydrogen-bond donors (Lipinski definition) is 2. The van der Waals surface area contributed by atoms with Crippen LogP contribution in [-0.2, 0) is 0 Å². The Morgan fingerprint density at radius 1 is 1.15 bits per heavy atom. The first kappa shape index (κ1) is 21.9. The Hall–Kier alpha value is -3.92. The van der Waals surface area contributed by atoms with Gasteiger partial charge in [0.05, 0.1) is 17.3 Å². The van der Waals surface area contributed by atoms with Crippen molar-refractivity contribution in [2.24, 2.45) is 0 Å². The molecular formula is C24H18F4N4O2. The van der Waals surface area contributed by atoms with E-state index in [4.69, 9.17) is 0 Å². The molecule has 1 unspecified atom stereocenters. The molecule has 0 aliphatic carbocycles. The molecule has 0 spiro atoms. The number of fused-ring (bicyclic) bond motifs is 1. The third-order valence-electron chi connectivity index (χ3n) is 5.35. The minimum Gasteiger partial charge on any atom is -0.428 e. The first-order valence-corrected chi connectivity index (χ1v) is 10.4. The molecule has 5 rings (SSSR count). The molecule has 0 amide bonds. The van der Waals surface area contributed by atoms with Crippen molar-refractivity contribution in [3.8, 4) is 17.0 Å². The number of rotatable bonds is 8. The van der Waals surface area contributed by atoms with Gasteiger partial charge in [0.15, 0.2) is 11.6 Å². The van der Waals surface area contributed by atoms with Gasteiger partial charge in [-0.25, -0.2) is 4.98 Å². The molecule has 3 heterocycles. The number of carbonyl (C=O) groups excluding carboxylic acids is 1. The molecule has 1 aliphatic rings. The summed E-state index contributed by atoms with van der Waals surface area (Å²) in [7, 11) is 0. The van der Waals surface area contributed by atoms with Crippen LogP contribution in [0.15, 0.2) is 73.1 Å². The molecule has 0 radical (unpaired) electrons. The van der Waals surface area contributed by atoms with Gasteiger partial charge in [-0.3, -0.25) is 4.79 Å². The number of nitrogens with one attached hydrogen (secondary N) is 2. The predicted octanol–water partition coefficient (Wildman–Crippen LogP) is 5.14. The van der Waals surface area contributed by atoms with Crippen LogP contribution in [0.25, 0.3) is 16.8 Å². The summed E-state index contributed by atoms with van der Waals surface area (Å²) < 4.78 is 57.4. The molecule has 174 valence electrons. The lowest BCUT2D eigenvalue weighted by Crippen LogP contribution is -2.33. The molecule has 2 aromatic carbocycles. The van der Waals surface area contributed by atoms with Crippen LogP contribution in [0.5, 0.6) is 5.75 Å². The smallest absolute Gasteiger partial charge is 0.428 e. The molecule has 6 nitrogen and oxygen atoms in total. The molecule has 1 fully saturated rings. The van der Waals surface area contributed by atoms with Crippen molar-refractivity contribution < 1.29 is 27.1 Å². The Morgan fingerprint density at radius 2 is 1.94 bits per heavy atom. The highest BCUT2D eigenvalue weighted by Crippen LogP contribution is 2.31. The quantitative estimate of drug-likeness (QED) is 0.212. The molecule has 10 heteroatoms. The van der Waals surface area contributed by atoms with E-state index in [0.29, 0.717) is 29.1 Å². The maximum Gasteiger partial charge on any atom is 0.461 e. The van der Waals surface area contributed by atoms with Crippen LogP contribution in [-0.4, -0.2) is 40.3 Å². The van der Waals surface area contributed by atoms with E-state index in [1.807, 2.05) is 34.7 Å². The van der Waals surface area contributed by atoms with Crippen LogP contribution in [0.1, 0.15) is 10.4 Å². The van der Waals surface area contributed by atoms with Crippen molar-refractivity contribution in [2.45, 2.75) is 18.6 Å². The number of carbonyl (C=O) groups is 1. The minimum atomic E-state index is -4.60. The monoisotopic (exact) mass is 470 g/mol. The number of aromatic nitrogens is 2. The van der Waals surface area contributed by atoms with Gasteiger partial charge in [-0.05, 0) is 35.9 Å². The summed E-state index contributed by atoms with van der Waals surface area (Å²) in [5.41, 5.74) is 3.30. The molecule has 0 bridgehead atoms. The number of alkyl halides is 4. The maximum atomic E-state index is 13.3. The first-order chi connectivity index (χ1) is 16.3. The third kappa shape index (κ3) is 4.32. The summed E-state index contributed by atoms with van der Waals surface area (Å²) in [4.78, 5) is 16.7. The topological polar surface area (TPSA) is 77.6 Å². The summed E-state index contributed by atoms with van der Waals surface area (Å²) in [6.45, 7) is 0.684. The van der Waals surface area contributed by atoms with Crippen LogP contribution in [0.3, 0.4) is 0 Å². The second kappa shape index (κ2) is 8.45. The second-order valence-corrected chi connectivity index (χ2v) is 7.77. The van der Waals surface area contributed by atoms with E-state index in [-0.39, 0.29) is 11.8 Å². The molecular weight excluding hydrogens is 452 g/mol. The normalized spacial score (nSPS) is 15.5. The highest BCUT2D eigenvalue weighted by molar-refractivity contribution is 6.02. The largest absolute Gasteiger partial charge is 0.461 e. The summed E-state index contributed by atoms with van der Waals surface area (Å²) >= 11 is 0. The Labute approximate surface area is 191 Å². The summed E-state index contributed by atoms with van der Waals surface area (Å²) in [5, 5.41) is 6.02. The van der Waals surface area contributed by atoms with Crippen molar-refractivity contribution in [1.29, 1.82) is 0 Å². The SMILES string of the molecule is O=C(c1cccc(-c2ccc3c(Nc4cccc(OC(F)(F)C(F)F)c4)nccn23)c1)C1CN1. The zero-order valence-electron chi connectivity index (χ0n) is 17.5. The van der Waals surface area contributed by atoms with Crippen LogP contribution in [0.4, 0.5) is 29.1 Å². The fourth-order valence-electron chi connectivity index (χ4n) is 3.63. The van der Waals surface area contributed by atoms with Gasteiger partial charge >= 0.3 is 12.5 Å². The second-order valence-electron chi connectivity index (χ2n) is 7.77. The van der Waals surface area contributed by atoms with E-state index in [2.05, 4.69) is 20.4 Å². The average molecular weight is 470 g/mol. The number of benzene rings is 2. The van der Waals surface area contributed by atoms with Crippen molar-refractivity contribution in [3.63, 3.8) is 0 Å². The predicted molar refractivity (Wildman–Crippen MR) is 118 cm³/mol. The Kier molecular flexibility index (Phi) is 5.45. The van der Waals surface area contributed by atoms with Gasteiger partial charge in [-0.2, -0.15) is 17.6 Å². The van der Waals surface area contributed by atoms with Crippen LogP contribution in [0, 0.1) is 0 Å². The summed E-state index contributed by atoms with van der Waals surface area (Å²) in [6, 6.07) is 16.2. The Balaban J connectivity index is 1.43. The number of ketones is 1. The van der Waals surface area contributed by atoms with Gasteiger partial charge in [-0.1, -0.05) is 24.3 Å². The van der Waals surface area contributed by atoms with Gasteiger partial charge in [0.2, 0.25) is 0 Å². The third-order valence-corrected chi connectivity index (χ3v) is 5.35. The van der Waals surface area contributed by atoms with Crippen molar-refractivity contribution in [1.82, 2.24) is 14.7 Å². The molecule has 2 aromatic heterocycles. The van der Waals surface area contributed by atoms with Gasteiger partial charge in [0.1, 0.15) is 5.75 Å². The van der Waals surface area contributed by atoms with E-state index in [1.165, 1.54) is 12.1 Å². The molecule has 34 heavy (non-hydrogen) atoms. The number of ether oxygens (including phenoxy) is 1. The van der Waals surface area contributed by atoms with Gasteiger partial charge in [0.25, 0.3) is 0 Å². The van der Waals surface area contributed by atoms with Crippen molar-refractivity contribution in [3.05, 3.63) is 78.6 Å². The van der Waals surface area contributed by atoms with E-state index >= 15 is 0 Å². The first-order valence-electron chi connectivity index (χ1n) is 10.4. The highest BCUT2D eigenvalue weighted by Gasteiger charge is 2.44. The molecule has 1 aliphatic heterocycles. The lowest BCUT2D eigenvalue weighted by Gasteiger charge is -2.17. The average Bonchev–Trinajstić information content (AvgIpc) is 3.57. The van der Waals surface area contributed by atoms with Gasteiger partial charge < -0.3 is 19.8 Å². The van der Waals surface area contributed by atoms with Gasteiger partial charge in [-0.15, -0.1) is 0 Å². The van der Waals surface area contributed by atoms with Gasteiger partial charge in [0, 0.05) is 36.3 Å². The van der Waals surface area contributed by atoms with E-state index in [9.17, 15) is 22.4 Å². The molecule has 0 saturated carbocycles. The standard InChI is InChI=1S/C24H18F4N4O2/c25-23(26)24(27,28)34-17-6-2-5-16(12-17)31-22-20-8-7-19(32(20)10-9-29-22)14-3-1-4-15(11-14)21(33)18-13-30-18/h1-12,18,23,30H,13H2,(H,29,31). The zero-order chi connectivity index (χ0) is 23.9. The molecule has 1 saturated heterocycles. The van der Waals surface area contributed by atoms with E-state index < -0.39 is 18.3 Å². The lowest BCUT2D eigenvalue weighted by molar-refractivity contribution is -0.253. The summed E-state index contributed by atoms with van der Waals surface area (Å²) in [5.74, 6) is 0.0529. The molecule has 1 atom stereocenters. The van der Waals surface area contributed by atoms with Crippen LogP contribution >= 0.6 is 0 Å². The van der Waals surface area contributed by atoms with Crippen molar-refractivity contribution >= 4 is 22.8 Å². The fraction of sp³-hybridized carbons (Fsp3) is 0.167. The highest BCUT2D eigenvalue weighted by atomic mass is 19.3. The molecule has 4 aromatic rings. The minimum absolute atomic E-state index is 0.0475. The number of hydrogen-bond acceptors (Lipinski definition) is 5. The fourth-order valence-corrected chi connectivity index (χ4v) is 3.63. The Morgan fingerprint density at radius 3 is 2.71 bits per heavy atom.